The van der Waals surface area contributed by atoms with Gasteiger partial charge < -0.3 is 13.9 Å². The first-order valence-corrected chi connectivity index (χ1v) is 9.57. The van der Waals surface area contributed by atoms with Crippen LogP contribution in [0, 0.1) is 6.92 Å². The van der Waals surface area contributed by atoms with Crippen molar-refractivity contribution >= 4 is 17.2 Å². The quantitative estimate of drug-likeness (QED) is 0.634. The fourth-order valence-electron chi connectivity index (χ4n) is 2.77. The molecule has 0 unspecified atom stereocenters. The summed E-state index contributed by atoms with van der Waals surface area (Å²) >= 11 is 1.53. The summed E-state index contributed by atoms with van der Waals surface area (Å²) in [7, 11) is 0. The average molecular weight is 369 g/mol. The molecule has 0 radical (unpaired) electrons. The van der Waals surface area contributed by atoms with E-state index in [1.807, 2.05) is 38.1 Å². The minimum Gasteiger partial charge on any atom is -0.493 e. The first-order chi connectivity index (χ1) is 12.7. The SMILES string of the molecule is CCOc1ccccc1C(=O)/N=c1\sc(C)cn1CCCn1cccc1. The first-order valence-electron chi connectivity index (χ1n) is 8.76. The highest BCUT2D eigenvalue weighted by atomic mass is 32.1. The molecule has 136 valence electrons. The van der Waals surface area contributed by atoms with Gasteiger partial charge in [-0.15, -0.1) is 11.3 Å². The zero-order valence-electron chi connectivity index (χ0n) is 15.1. The van der Waals surface area contributed by atoms with Gasteiger partial charge in [-0.05, 0) is 44.5 Å². The van der Waals surface area contributed by atoms with E-state index < -0.39 is 0 Å². The molecule has 1 aromatic carbocycles. The van der Waals surface area contributed by atoms with Crippen molar-refractivity contribution in [1.29, 1.82) is 0 Å². The van der Waals surface area contributed by atoms with Gasteiger partial charge in [0, 0.05) is 36.6 Å². The maximum Gasteiger partial charge on any atom is 0.283 e. The van der Waals surface area contributed by atoms with E-state index in [4.69, 9.17) is 4.74 Å². The van der Waals surface area contributed by atoms with E-state index in [0.717, 1.165) is 29.2 Å². The van der Waals surface area contributed by atoms with Gasteiger partial charge in [-0.1, -0.05) is 12.1 Å². The van der Waals surface area contributed by atoms with Crippen LogP contribution in [0.2, 0.25) is 0 Å². The Balaban J connectivity index is 1.79. The summed E-state index contributed by atoms with van der Waals surface area (Å²) in [6.45, 7) is 6.21. The van der Waals surface area contributed by atoms with E-state index in [2.05, 4.69) is 32.7 Å². The fraction of sp³-hybridized carbons (Fsp3) is 0.300. The number of aryl methyl sites for hydroxylation is 3. The minimum absolute atomic E-state index is 0.268. The third-order valence-corrected chi connectivity index (χ3v) is 4.87. The minimum atomic E-state index is -0.268. The Labute approximate surface area is 157 Å². The number of thiazole rings is 1. The standard InChI is InChI=1S/C20H23N3O2S/c1-3-25-18-10-5-4-9-17(18)19(24)21-20-23(15-16(2)26-20)14-8-13-22-11-6-7-12-22/h4-7,9-12,15H,3,8,13-14H2,1-2H3/b21-20-. The molecule has 0 fully saturated rings. The van der Waals surface area contributed by atoms with Crippen LogP contribution >= 0.6 is 11.3 Å². The van der Waals surface area contributed by atoms with Gasteiger partial charge in [0.2, 0.25) is 0 Å². The van der Waals surface area contributed by atoms with Gasteiger partial charge in [0.1, 0.15) is 5.75 Å². The number of hydrogen-bond donors (Lipinski definition) is 0. The summed E-state index contributed by atoms with van der Waals surface area (Å²) in [6.07, 6.45) is 7.15. The van der Waals surface area contributed by atoms with Gasteiger partial charge in [-0.3, -0.25) is 4.79 Å². The summed E-state index contributed by atoms with van der Waals surface area (Å²) in [5.41, 5.74) is 0.499. The first kappa shape index (κ1) is 18.2. The number of ether oxygens (including phenoxy) is 1. The van der Waals surface area contributed by atoms with Crippen LogP contribution in [-0.2, 0) is 13.1 Å². The average Bonchev–Trinajstić information content (AvgIpc) is 3.26. The highest BCUT2D eigenvalue weighted by Gasteiger charge is 2.11. The normalized spacial score (nSPS) is 11.7. The van der Waals surface area contributed by atoms with Gasteiger partial charge in [-0.2, -0.15) is 4.99 Å². The van der Waals surface area contributed by atoms with E-state index in [1.54, 1.807) is 12.1 Å². The van der Waals surface area contributed by atoms with Crippen LogP contribution in [0.25, 0.3) is 0 Å². The molecule has 26 heavy (non-hydrogen) atoms. The maximum absolute atomic E-state index is 12.7. The lowest BCUT2D eigenvalue weighted by Gasteiger charge is -2.07. The number of nitrogens with zero attached hydrogens (tertiary/aromatic N) is 3. The molecule has 0 N–H and O–H groups in total. The molecular weight excluding hydrogens is 346 g/mol. The molecule has 2 aromatic heterocycles. The molecular formula is C20H23N3O2S. The summed E-state index contributed by atoms with van der Waals surface area (Å²) in [5, 5.41) is 0. The number of carbonyl (C=O) groups is 1. The van der Waals surface area contributed by atoms with Gasteiger partial charge in [0.15, 0.2) is 4.80 Å². The Morgan fingerprint density at radius 1 is 1.15 bits per heavy atom. The second kappa shape index (κ2) is 8.67. The molecule has 0 aliphatic heterocycles. The molecule has 3 aromatic rings. The molecule has 2 heterocycles. The van der Waals surface area contributed by atoms with Gasteiger partial charge in [-0.25, -0.2) is 0 Å². The number of amides is 1. The zero-order valence-corrected chi connectivity index (χ0v) is 15.9. The maximum atomic E-state index is 12.7. The molecule has 0 bridgehead atoms. The van der Waals surface area contributed by atoms with Crippen LogP contribution in [-0.4, -0.2) is 21.6 Å². The van der Waals surface area contributed by atoms with Crippen molar-refractivity contribution in [3.05, 3.63) is 70.2 Å². The Hall–Kier alpha value is -2.60. The fourth-order valence-corrected chi connectivity index (χ4v) is 3.62. The van der Waals surface area contributed by atoms with Gasteiger partial charge >= 0.3 is 0 Å². The molecule has 3 rings (SSSR count). The Kier molecular flexibility index (Phi) is 6.07. The van der Waals surface area contributed by atoms with Crippen molar-refractivity contribution in [3.8, 4) is 5.75 Å². The van der Waals surface area contributed by atoms with Crippen molar-refractivity contribution < 1.29 is 9.53 Å². The van der Waals surface area contributed by atoms with Crippen LogP contribution in [0.5, 0.6) is 5.75 Å². The van der Waals surface area contributed by atoms with Crippen LogP contribution in [0.1, 0.15) is 28.6 Å². The largest absolute Gasteiger partial charge is 0.493 e. The number of carbonyl (C=O) groups excluding carboxylic acids is 1. The number of para-hydroxylation sites is 1. The topological polar surface area (TPSA) is 48.5 Å². The molecule has 0 saturated carbocycles. The van der Waals surface area contributed by atoms with E-state index in [1.165, 1.54) is 11.3 Å². The summed E-state index contributed by atoms with van der Waals surface area (Å²) in [5.74, 6) is 0.311. The molecule has 0 atom stereocenters. The van der Waals surface area contributed by atoms with Gasteiger partial charge in [0.25, 0.3) is 5.91 Å². The summed E-state index contributed by atoms with van der Waals surface area (Å²) < 4.78 is 9.76. The lowest BCUT2D eigenvalue weighted by atomic mass is 10.2. The third kappa shape index (κ3) is 4.52. The lowest BCUT2D eigenvalue weighted by Crippen LogP contribution is -2.17. The molecule has 0 aliphatic carbocycles. The predicted octanol–water partition coefficient (Wildman–Crippen LogP) is 3.89. The monoisotopic (exact) mass is 369 g/mol. The molecule has 0 aliphatic rings. The Bertz CT molecular complexity index is 923. The number of rotatable bonds is 7. The molecule has 5 nitrogen and oxygen atoms in total. The van der Waals surface area contributed by atoms with Crippen LogP contribution in [0.4, 0.5) is 0 Å². The van der Waals surface area contributed by atoms with E-state index >= 15 is 0 Å². The number of benzene rings is 1. The molecule has 0 spiro atoms. The van der Waals surface area contributed by atoms with Crippen molar-refractivity contribution in [3.63, 3.8) is 0 Å². The highest BCUT2D eigenvalue weighted by molar-refractivity contribution is 7.09. The van der Waals surface area contributed by atoms with Crippen LogP contribution in [0.3, 0.4) is 0 Å². The van der Waals surface area contributed by atoms with E-state index in [9.17, 15) is 4.79 Å². The van der Waals surface area contributed by atoms with E-state index in [-0.39, 0.29) is 5.91 Å². The van der Waals surface area contributed by atoms with E-state index in [0.29, 0.717) is 17.9 Å². The van der Waals surface area contributed by atoms with Gasteiger partial charge in [0.05, 0.1) is 12.2 Å². The summed E-state index contributed by atoms with van der Waals surface area (Å²) in [6, 6.07) is 11.3. The molecule has 1 amide bonds. The third-order valence-electron chi connectivity index (χ3n) is 3.93. The van der Waals surface area contributed by atoms with Crippen molar-refractivity contribution in [1.82, 2.24) is 9.13 Å². The predicted molar refractivity (Wildman–Crippen MR) is 104 cm³/mol. The lowest BCUT2D eigenvalue weighted by molar-refractivity contribution is 0.0994. The van der Waals surface area contributed by atoms with Crippen LogP contribution in [0.15, 0.2) is 60.0 Å². The van der Waals surface area contributed by atoms with Crippen molar-refractivity contribution in [2.45, 2.75) is 33.4 Å². The zero-order chi connectivity index (χ0) is 18.4. The van der Waals surface area contributed by atoms with Crippen molar-refractivity contribution in [2.75, 3.05) is 6.61 Å². The van der Waals surface area contributed by atoms with Crippen LogP contribution < -0.4 is 9.54 Å². The number of hydrogen-bond acceptors (Lipinski definition) is 3. The Morgan fingerprint density at radius 3 is 2.69 bits per heavy atom. The second-order valence-corrected chi connectivity index (χ2v) is 7.15. The number of aromatic nitrogens is 2. The second-order valence-electron chi connectivity index (χ2n) is 5.94. The smallest absolute Gasteiger partial charge is 0.283 e. The molecule has 0 saturated heterocycles. The highest BCUT2D eigenvalue weighted by Crippen LogP contribution is 2.18. The van der Waals surface area contributed by atoms with Crippen molar-refractivity contribution in [2.24, 2.45) is 4.99 Å². The summed E-state index contributed by atoms with van der Waals surface area (Å²) in [4.78, 5) is 18.9. The molecule has 6 heteroatoms. The Morgan fingerprint density at radius 2 is 1.92 bits per heavy atom.